The maximum atomic E-state index is 12.9. The Labute approximate surface area is 168 Å². The molecule has 1 aliphatic heterocycles. The van der Waals surface area contributed by atoms with Crippen LogP contribution in [0.4, 0.5) is 5.69 Å². The summed E-state index contributed by atoms with van der Waals surface area (Å²) in [5, 5.41) is 6.54. The molecular formula is C20H20N4O4S. The van der Waals surface area contributed by atoms with Gasteiger partial charge in [0.25, 0.3) is 5.91 Å². The number of nitrogens with zero attached hydrogens (tertiary/aromatic N) is 3. The van der Waals surface area contributed by atoms with Gasteiger partial charge in [0.05, 0.1) is 10.8 Å². The van der Waals surface area contributed by atoms with E-state index in [2.05, 4.69) is 15.5 Å². The normalized spacial score (nSPS) is 17.3. The molecule has 2 heterocycles. The Bertz CT molecular complexity index is 1110. The molecule has 1 N–H and O–H groups in total. The molecule has 1 unspecified atom stereocenters. The van der Waals surface area contributed by atoms with Crippen molar-refractivity contribution < 1.29 is 17.7 Å². The Morgan fingerprint density at radius 1 is 1.14 bits per heavy atom. The molecule has 29 heavy (non-hydrogen) atoms. The van der Waals surface area contributed by atoms with E-state index in [1.54, 1.807) is 43.3 Å². The summed E-state index contributed by atoms with van der Waals surface area (Å²) in [5.41, 5.74) is 1.06. The molecule has 3 aromatic rings. The Morgan fingerprint density at radius 3 is 2.52 bits per heavy atom. The van der Waals surface area contributed by atoms with Crippen LogP contribution in [0, 0.1) is 6.92 Å². The maximum absolute atomic E-state index is 12.9. The molecule has 0 radical (unpaired) electrons. The van der Waals surface area contributed by atoms with Crippen LogP contribution in [0.25, 0.3) is 0 Å². The summed E-state index contributed by atoms with van der Waals surface area (Å²) in [6.07, 6.45) is 0.631. The highest BCUT2D eigenvalue weighted by atomic mass is 32.2. The summed E-state index contributed by atoms with van der Waals surface area (Å²) in [6, 6.07) is 15.0. The number of aromatic nitrogens is 2. The van der Waals surface area contributed by atoms with Crippen molar-refractivity contribution in [3.05, 3.63) is 71.9 Å². The van der Waals surface area contributed by atoms with Crippen molar-refractivity contribution in [2.75, 3.05) is 18.4 Å². The molecule has 0 bridgehead atoms. The number of aryl methyl sites for hydroxylation is 1. The number of hydrogen-bond acceptors (Lipinski definition) is 6. The second kappa shape index (κ2) is 7.76. The summed E-state index contributed by atoms with van der Waals surface area (Å²) < 4.78 is 32.5. The lowest BCUT2D eigenvalue weighted by atomic mass is 10.1. The fourth-order valence-corrected chi connectivity index (χ4v) is 4.78. The number of carbonyl (C=O) groups is 1. The second-order valence-corrected chi connectivity index (χ2v) is 8.81. The molecule has 4 rings (SSSR count). The van der Waals surface area contributed by atoms with Gasteiger partial charge in [0, 0.05) is 24.3 Å². The molecule has 1 saturated heterocycles. The number of nitrogens with one attached hydrogen (secondary N) is 1. The lowest BCUT2D eigenvalue weighted by Crippen LogP contribution is -2.28. The SMILES string of the molecule is Cc1noc(C2CCN(S(=O)(=O)c3ccc(NC(=O)c4ccccc4)cc3)C2)n1. The third-order valence-electron chi connectivity index (χ3n) is 4.83. The van der Waals surface area contributed by atoms with Gasteiger partial charge in [-0.2, -0.15) is 9.29 Å². The summed E-state index contributed by atoms with van der Waals surface area (Å²) in [7, 11) is -3.64. The lowest BCUT2D eigenvalue weighted by Gasteiger charge is -2.16. The van der Waals surface area contributed by atoms with E-state index in [0.29, 0.717) is 42.5 Å². The predicted molar refractivity (Wildman–Crippen MR) is 106 cm³/mol. The third kappa shape index (κ3) is 4.06. The summed E-state index contributed by atoms with van der Waals surface area (Å²) in [4.78, 5) is 16.6. The topological polar surface area (TPSA) is 105 Å². The second-order valence-electron chi connectivity index (χ2n) is 6.87. The molecule has 150 valence electrons. The van der Waals surface area contributed by atoms with Crippen LogP contribution in [0.3, 0.4) is 0 Å². The van der Waals surface area contributed by atoms with Gasteiger partial charge in [-0.3, -0.25) is 4.79 Å². The summed E-state index contributed by atoms with van der Waals surface area (Å²) >= 11 is 0. The average Bonchev–Trinajstić information content (AvgIpc) is 3.38. The summed E-state index contributed by atoms with van der Waals surface area (Å²) in [5.74, 6) is 0.655. The first kappa shape index (κ1) is 19.3. The summed E-state index contributed by atoms with van der Waals surface area (Å²) in [6.45, 7) is 2.42. The van der Waals surface area contributed by atoms with Gasteiger partial charge in [0.15, 0.2) is 5.82 Å². The van der Waals surface area contributed by atoms with Crippen molar-refractivity contribution >= 4 is 21.6 Å². The fourth-order valence-electron chi connectivity index (χ4n) is 3.28. The van der Waals surface area contributed by atoms with Crippen LogP contribution in [0.15, 0.2) is 64.0 Å². The molecule has 2 aromatic carbocycles. The Balaban J connectivity index is 1.45. The Hall–Kier alpha value is -3.04. The first-order chi connectivity index (χ1) is 13.9. The van der Waals surface area contributed by atoms with Crippen LogP contribution in [0.5, 0.6) is 0 Å². The molecule has 0 saturated carbocycles. The van der Waals surface area contributed by atoms with E-state index in [9.17, 15) is 13.2 Å². The number of benzene rings is 2. The number of hydrogen-bond donors (Lipinski definition) is 1. The molecule has 1 atom stereocenters. The molecule has 1 fully saturated rings. The van der Waals surface area contributed by atoms with Gasteiger partial charge >= 0.3 is 0 Å². The molecule has 1 amide bonds. The minimum atomic E-state index is -3.64. The van der Waals surface area contributed by atoms with E-state index in [0.717, 1.165) is 0 Å². The molecule has 0 spiro atoms. The van der Waals surface area contributed by atoms with Gasteiger partial charge in [-0.25, -0.2) is 8.42 Å². The fraction of sp³-hybridized carbons (Fsp3) is 0.250. The zero-order valence-electron chi connectivity index (χ0n) is 15.8. The van der Waals surface area contributed by atoms with Gasteiger partial charge in [-0.05, 0) is 49.7 Å². The highest BCUT2D eigenvalue weighted by Crippen LogP contribution is 2.30. The average molecular weight is 412 g/mol. The number of amides is 1. The van der Waals surface area contributed by atoms with E-state index in [4.69, 9.17) is 4.52 Å². The van der Waals surface area contributed by atoms with Crippen molar-refractivity contribution in [2.24, 2.45) is 0 Å². The highest BCUT2D eigenvalue weighted by molar-refractivity contribution is 7.89. The van der Waals surface area contributed by atoms with Crippen molar-refractivity contribution in [3.8, 4) is 0 Å². The monoisotopic (exact) mass is 412 g/mol. The van der Waals surface area contributed by atoms with E-state index >= 15 is 0 Å². The molecule has 1 aromatic heterocycles. The zero-order valence-corrected chi connectivity index (χ0v) is 16.6. The Kier molecular flexibility index (Phi) is 5.16. The van der Waals surface area contributed by atoms with E-state index in [-0.39, 0.29) is 16.7 Å². The first-order valence-corrected chi connectivity index (χ1v) is 10.6. The van der Waals surface area contributed by atoms with Crippen molar-refractivity contribution in [1.82, 2.24) is 14.4 Å². The van der Waals surface area contributed by atoms with Gasteiger partial charge < -0.3 is 9.84 Å². The van der Waals surface area contributed by atoms with Crippen molar-refractivity contribution in [2.45, 2.75) is 24.2 Å². The molecule has 8 nitrogen and oxygen atoms in total. The van der Waals surface area contributed by atoms with Crippen LogP contribution in [-0.4, -0.2) is 41.9 Å². The van der Waals surface area contributed by atoms with Crippen molar-refractivity contribution in [1.29, 1.82) is 0 Å². The molecule has 0 aliphatic carbocycles. The van der Waals surface area contributed by atoms with Crippen LogP contribution >= 0.6 is 0 Å². The van der Waals surface area contributed by atoms with E-state index in [1.807, 2.05) is 6.07 Å². The number of sulfonamides is 1. The first-order valence-electron chi connectivity index (χ1n) is 9.20. The van der Waals surface area contributed by atoms with E-state index in [1.165, 1.54) is 16.4 Å². The van der Waals surface area contributed by atoms with E-state index < -0.39 is 10.0 Å². The zero-order chi connectivity index (χ0) is 20.4. The number of anilines is 1. The van der Waals surface area contributed by atoms with Crippen molar-refractivity contribution in [3.63, 3.8) is 0 Å². The van der Waals surface area contributed by atoms with Gasteiger partial charge in [-0.1, -0.05) is 23.4 Å². The van der Waals surface area contributed by atoms with Gasteiger partial charge in [-0.15, -0.1) is 0 Å². The molecular weight excluding hydrogens is 392 g/mol. The largest absolute Gasteiger partial charge is 0.339 e. The molecule has 1 aliphatic rings. The smallest absolute Gasteiger partial charge is 0.255 e. The minimum absolute atomic E-state index is 0.101. The third-order valence-corrected chi connectivity index (χ3v) is 6.71. The standard InChI is InChI=1S/C20H20N4O4S/c1-14-21-20(28-23-14)16-11-12-24(13-16)29(26,27)18-9-7-17(8-10-18)22-19(25)15-5-3-2-4-6-15/h2-10,16H,11-13H2,1H3,(H,22,25). The lowest BCUT2D eigenvalue weighted by molar-refractivity contribution is 0.102. The minimum Gasteiger partial charge on any atom is -0.339 e. The van der Waals surface area contributed by atoms with Crippen LogP contribution in [0.1, 0.15) is 34.4 Å². The highest BCUT2D eigenvalue weighted by Gasteiger charge is 2.35. The predicted octanol–water partition coefficient (Wildman–Crippen LogP) is 2.81. The van der Waals surface area contributed by atoms with Gasteiger partial charge in [0.1, 0.15) is 0 Å². The van der Waals surface area contributed by atoms with Crippen LogP contribution in [-0.2, 0) is 10.0 Å². The van der Waals surface area contributed by atoms with Crippen LogP contribution < -0.4 is 5.32 Å². The van der Waals surface area contributed by atoms with Crippen LogP contribution in [0.2, 0.25) is 0 Å². The molecule has 9 heteroatoms. The Morgan fingerprint density at radius 2 is 1.86 bits per heavy atom. The quantitative estimate of drug-likeness (QED) is 0.691. The number of carbonyl (C=O) groups excluding carboxylic acids is 1. The van der Waals surface area contributed by atoms with Gasteiger partial charge in [0.2, 0.25) is 15.9 Å². The number of rotatable bonds is 5. The maximum Gasteiger partial charge on any atom is 0.255 e.